The van der Waals surface area contributed by atoms with Crippen molar-refractivity contribution in [2.24, 2.45) is 0 Å². The molecule has 0 unspecified atom stereocenters. The standard InChI is InChI=1S/C21H17NO2/c1-17-7-5-8-18(22-17)9-6-16-23-19-12-14-21(15-13-19)24-20-10-3-2-4-11-20/h2-5,7-8,10-15H,16H2,1H3. The van der Waals surface area contributed by atoms with Crippen molar-refractivity contribution >= 4 is 0 Å². The van der Waals surface area contributed by atoms with E-state index in [-0.39, 0.29) is 0 Å². The van der Waals surface area contributed by atoms with Crippen molar-refractivity contribution in [1.29, 1.82) is 0 Å². The van der Waals surface area contributed by atoms with Crippen molar-refractivity contribution in [2.45, 2.75) is 6.92 Å². The summed E-state index contributed by atoms with van der Waals surface area (Å²) >= 11 is 0. The van der Waals surface area contributed by atoms with Crippen LogP contribution in [0.3, 0.4) is 0 Å². The molecule has 0 aliphatic carbocycles. The molecular weight excluding hydrogens is 298 g/mol. The van der Waals surface area contributed by atoms with E-state index >= 15 is 0 Å². The summed E-state index contributed by atoms with van der Waals surface area (Å²) in [6, 6.07) is 22.9. The molecule has 0 N–H and O–H groups in total. The number of ether oxygens (including phenoxy) is 2. The lowest BCUT2D eigenvalue weighted by atomic mass is 10.3. The van der Waals surface area contributed by atoms with Crippen molar-refractivity contribution in [2.75, 3.05) is 6.61 Å². The molecule has 0 radical (unpaired) electrons. The zero-order chi connectivity index (χ0) is 16.6. The Morgan fingerprint density at radius 2 is 1.50 bits per heavy atom. The minimum Gasteiger partial charge on any atom is -0.481 e. The molecule has 0 amide bonds. The molecule has 0 fully saturated rings. The second kappa shape index (κ2) is 7.85. The van der Waals surface area contributed by atoms with Gasteiger partial charge in [-0.25, -0.2) is 4.98 Å². The predicted molar refractivity (Wildman–Crippen MR) is 94.3 cm³/mol. The first-order valence-electron chi connectivity index (χ1n) is 7.68. The van der Waals surface area contributed by atoms with Crippen molar-refractivity contribution in [3.63, 3.8) is 0 Å². The Balaban J connectivity index is 1.53. The lowest BCUT2D eigenvalue weighted by Crippen LogP contribution is -1.94. The third kappa shape index (κ3) is 4.62. The molecule has 0 atom stereocenters. The Morgan fingerprint density at radius 3 is 2.25 bits per heavy atom. The monoisotopic (exact) mass is 315 g/mol. The van der Waals surface area contributed by atoms with Crippen molar-refractivity contribution in [3.05, 3.63) is 84.2 Å². The van der Waals surface area contributed by atoms with E-state index < -0.39 is 0 Å². The maximum Gasteiger partial charge on any atom is 0.149 e. The lowest BCUT2D eigenvalue weighted by molar-refractivity contribution is 0.369. The molecule has 118 valence electrons. The molecule has 0 spiro atoms. The van der Waals surface area contributed by atoms with Crippen molar-refractivity contribution in [3.8, 4) is 29.1 Å². The first-order chi connectivity index (χ1) is 11.8. The van der Waals surface area contributed by atoms with Gasteiger partial charge in [0.25, 0.3) is 0 Å². The van der Waals surface area contributed by atoms with Crippen LogP contribution in [0.2, 0.25) is 0 Å². The molecule has 0 saturated heterocycles. The first-order valence-corrected chi connectivity index (χ1v) is 7.68. The molecule has 3 nitrogen and oxygen atoms in total. The fraction of sp³-hybridized carbons (Fsp3) is 0.0952. The number of hydrogen-bond donors (Lipinski definition) is 0. The van der Waals surface area contributed by atoms with E-state index in [4.69, 9.17) is 9.47 Å². The number of aromatic nitrogens is 1. The van der Waals surface area contributed by atoms with Crippen LogP contribution in [0.5, 0.6) is 17.2 Å². The van der Waals surface area contributed by atoms with Crippen LogP contribution in [0.1, 0.15) is 11.4 Å². The van der Waals surface area contributed by atoms with Gasteiger partial charge in [-0.15, -0.1) is 0 Å². The van der Waals surface area contributed by atoms with E-state index in [0.29, 0.717) is 6.61 Å². The van der Waals surface area contributed by atoms with Gasteiger partial charge in [0, 0.05) is 5.69 Å². The number of rotatable bonds is 4. The van der Waals surface area contributed by atoms with Crippen LogP contribution in [-0.4, -0.2) is 11.6 Å². The van der Waals surface area contributed by atoms with E-state index in [1.54, 1.807) is 0 Å². The number of nitrogens with zero attached hydrogens (tertiary/aromatic N) is 1. The van der Waals surface area contributed by atoms with Gasteiger partial charge in [-0.3, -0.25) is 0 Å². The van der Waals surface area contributed by atoms with Gasteiger partial charge >= 0.3 is 0 Å². The molecule has 2 aromatic carbocycles. The van der Waals surface area contributed by atoms with Crippen LogP contribution in [0.25, 0.3) is 0 Å². The molecule has 3 aromatic rings. The molecule has 3 heteroatoms. The minimum atomic E-state index is 0.314. The van der Waals surface area contributed by atoms with Gasteiger partial charge in [0.2, 0.25) is 0 Å². The molecular formula is C21H17NO2. The van der Waals surface area contributed by atoms with Crippen LogP contribution in [0, 0.1) is 18.8 Å². The highest BCUT2D eigenvalue weighted by Crippen LogP contribution is 2.23. The topological polar surface area (TPSA) is 31.4 Å². The summed E-state index contributed by atoms with van der Waals surface area (Å²) in [5, 5.41) is 0. The normalized spacial score (nSPS) is 9.71. The maximum atomic E-state index is 5.74. The highest BCUT2D eigenvalue weighted by atomic mass is 16.5. The third-order valence-electron chi connectivity index (χ3n) is 3.22. The summed E-state index contributed by atoms with van der Waals surface area (Å²) < 4.78 is 11.3. The van der Waals surface area contributed by atoms with Crippen LogP contribution in [-0.2, 0) is 0 Å². The summed E-state index contributed by atoms with van der Waals surface area (Å²) in [7, 11) is 0. The van der Waals surface area contributed by atoms with Crippen LogP contribution >= 0.6 is 0 Å². The highest BCUT2D eigenvalue weighted by Gasteiger charge is 1.97. The van der Waals surface area contributed by atoms with E-state index in [2.05, 4.69) is 16.8 Å². The van der Waals surface area contributed by atoms with E-state index in [1.807, 2.05) is 79.7 Å². The average Bonchev–Trinajstić information content (AvgIpc) is 2.61. The lowest BCUT2D eigenvalue weighted by Gasteiger charge is -2.06. The Morgan fingerprint density at radius 1 is 0.792 bits per heavy atom. The van der Waals surface area contributed by atoms with Crippen LogP contribution in [0.4, 0.5) is 0 Å². The summed E-state index contributed by atoms with van der Waals surface area (Å²) in [5.74, 6) is 8.28. The van der Waals surface area contributed by atoms with E-state index in [9.17, 15) is 0 Å². The van der Waals surface area contributed by atoms with E-state index in [0.717, 1.165) is 28.6 Å². The molecule has 24 heavy (non-hydrogen) atoms. The van der Waals surface area contributed by atoms with E-state index in [1.165, 1.54) is 0 Å². The first kappa shape index (κ1) is 15.6. The summed E-state index contributed by atoms with van der Waals surface area (Å²) in [6.07, 6.45) is 0. The molecule has 0 aliphatic rings. The Labute approximate surface area is 141 Å². The quantitative estimate of drug-likeness (QED) is 0.659. The SMILES string of the molecule is Cc1cccc(C#CCOc2ccc(Oc3ccccc3)cc2)n1. The molecule has 0 aliphatic heterocycles. The summed E-state index contributed by atoms with van der Waals surface area (Å²) in [6.45, 7) is 2.26. The van der Waals surface area contributed by atoms with Gasteiger partial charge in [-0.05, 0) is 61.4 Å². The minimum absolute atomic E-state index is 0.314. The van der Waals surface area contributed by atoms with Gasteiger partial charge in [0.1, 0.15) is 29.5 Å². The summed E-state index contributed by atoms with van der Waals surface area (Å²) in [4.78, 5) is 4.32. The van der Waals surface area contributed by atoms with Gasteiger partial charge in [0.15, 0.2) is 0 Å². The third-order valence-corrected chi connectivity index (χ3v) is 3.22. The molecule has 0 saturated carbocycles. The second-order valence-corrected chi connectivity index (χ2v) is 5.14. The van der Waals surface area contributed by atoms with Gasteiger partial charge < -0.3 is 9.47 Å². The maximum absolute atomic E-state index is 5.74. The number of aryl methyl sites for hydroxylation is 1. The Hall–Kier alpha value is -3.25. The van der Waals surface area contributed by atoms with Crippen LogP contribution < -0.4 is 9.47 Å². The number of pyridine rings is 1. The fourth-order valence-corrected chi connectivity index (χ4v) is 2.09. The van der Waals surface area contributed by atoms with Gasteiger partial charge in [-0.2, -0.15) is 0 Å². The zero-order valence-electron chi connectivity index (χ0n) is 13.4. The number of para-hydroxylation sites is 1. The zero-order valence-corrected chi connectivity index (χ0v) is 13.4. The molecule has 1 heterocycles. The molecule has 1 aromatic heterocycles. The summed E-state index contributed by atoms with van der Waals surface area (Å²) in [5.41, 5.74) is 1.71. The smallest absolute Gasteiger partial charge is 0.149 e. The molecule has 0 bridgehead atoms. The van der Waals surface area contributed by atoms with Crippen molar-refractivity contribution < 1.29 is 9.47 Å². The second-order valence-electron chi connectivity index (χ2n) is 5.14. The van der Waals surface area contributed by atoms with Gasteiger partial charge in [0.05, 0.1) is 0 Å². The Bertz CT molecular complexity index is 846. The Kier molecular flexibility index (Phi) is 5.11. The average molecular weight is 315 g/mol. The number of benzene rings is 2. The largest absolute Gasteiger partial charge is 0.481 e. The van der Waals surface area contributed by atoms with Crippen LogP contribution in [0.15, 0.2) is 72.8 Å². The number of hydrogen-bond acceptors (Lipinski definition) is 3. The van der Waals surface area contributed by atoms with Crippen molar-refractivity contribution in [1.82, 2.24) is 4.98 Å². The highest BCUT2D eigenvalue weighted by molar-refractivity contribution is 5.35. The van der Waals surface area contributed by atoms with Gasteiger partial charge in [-0.1, -0.05) is 30.2 Å². The molecule has 3 rings (SSSR count). The predicted octanol–water partition coefficient (Wildman–Crippen LogP) is 4.61. The fourth-order valence-electron chi connectivity index (χ4n) is 2.09.